The number of anilines is 1. The Balaban J connectivity index is 1.84. The van der Waals surface area contributed by atoms with E-state index in [1.807, 2.05) is 24.0 Å². The zero-order chi connectivity index (χ0) is 15.2. The van der Waals surface area contributed by atoms with Crippen LogP contribution in [0.3, 0.4) is 0 Å². The van der Waals surface area contributed by atoms with Crippen LogP contribution in [0.2, 0.25) is 0 Å². The van der Waals surface area contributed by atoms with E-state index in [2.05, 4.69) is 5.32 Å². The quantitative estimate of drug-likeness (QED) is 0.825. The second kappa shape index (κ2) is 7.11. The Bertz CT molecular complexity index is 510. The van der Waals surface area contributed by atoms with Gasteiger partial charge in [-0.1, -0.05) is 12.1 Å². The number of nitrogens with two attached hydrogens (primary N) is 1. The molecule has 0 aromatic heterocycles. The molecule has 1 aliphatic heterocycles. The van der Waals surface area contributed by atoms with Gasteiger partial charge in [-0.3, -0.25) is 9.59 Å². The van der Waals surface area contributed by atoms with Crippen molar-refractivity contribution < 1.29 is 9.59 Å². The summed E-state index contributed by atoms with van der Waals surface area (Å²) in [6.07, 6.45) is 3.29. The Morgan fingerprint density at radius 1 is 1.29 bits per heavy atom. The fraction of sp³-hybridized carbons (Fsp3) is 0.500. The van der Waals surface area contributed by atoms with Crippen molar-refractivity contribution in [1.82, 2.24) is 10.2 Å². The largest absolute Gasteiger partial charge is 0.399 e. The summed E-state index contributed by atoms with van der Waals surface area (Å²) in [6, 6.07) is 7.27. The lowest BCUT2D eigenvalue weighted by Gasteiger charge is -2.27. The number of hydrogen-bond donors (Lipinski definition) is 2. The average molecular weight is 289 g/mol. The van der Waals surface area contributed by atoms with Gasteiger partial charge in [0.05, 0.1) is 12.5 Å². The summed E-state index contributed by atoms with van der Waals surface area (Å²) in [5.41, 5.74) is 7.22. The molecule has 5 heteroatoms. The third kappa shape index (κ3) is 4.21. The molecular weight excluding hydrogens is 266 g/mol. The van der Waals surface area contributed by atoms with Crippen molar-refractivity contribution in [2.75, 3.05) is 25.4 Å². The molecule has 114 valence electrons. The molecule has 1 aliphatic rings. The topological polar surface area (TPSA) is 75.4 Å². The van der Waals surface area contributed by atoms with Gasteiger partial charge in [0.15, 0.2) is 0 Å². The van der Waals surface area contributed by atoms with E-state index < -0.39 is 0 Å². The highest BCUT2D eigenvalue weighted by Gasteiger charge is 2.19. The van der Waals surface area contributed by atoms with Gasteiger partial charge >= 0.3 is 0 Å². The first kappa shape index (κ1) is 15.4. The predicted molar refractivity (Wildman–Crippen MR) is 82.7 cm³/mol. The number of likely N-dealkylation sites (tertiary alicyclic amines) is 1. The first-order valence-electron chi connectivity index (χ1n) is 7.49. The number of carbonyl (C=O) groups is 2. The molecule has 2 amide bonds. The standard InChI is InChI=1S/C16H23N3O2/c1-12(13-6-5-7-14(17)10-13)16(21)18-11-15(20)19-8-3-2-4-9-19/h5-7,10,12H,2-4,8-9,11,17H2,1H3,(H,18,21). The highest BCUT2D eigenvalue weighted by Crippen LogP contribution is 2.17. The molecule has 2 rings (SSSR count). The maximum atomic E-state index is 12.1. The second-order valence-electron chi connectivity index (χ2n) is 5.55. The van der Waals surface area contributed by atoms with E-state index in [1.54, 1.807) is 12.1 Å². The van der Waals surface area contributed by atoms with Crippen LogP contribution in [0.4, 0.5) is 5.69 Å². The molecule has 0 spiro atoms. The molecule has 0 radical (unpaired) electrons. The molecule has 0 bridgehead atoms. The minimum atomic E-state index is -0.317. The van der Waals surface area contributed by atoms with Crippen LogP contribution in [0.5, 0.6) is 0 Å². The Morgan fingerprint density at radius 2 is 2.00 bits per heavy atom. The Labute approximate surface area is 125 Å². The SMILES string of the molecule is CC(C(=O)NCC(=O)N1CCCCC1)c1cccc(N)c1. The molecule has 1 saturated heterocycles. The van der Waals surface area contributed by atoms with Crippen molar-refractivity contribution in [3.05, 3.63) is 29.8 Å². The van der Waals surface area contributed by atoms with Gasteiger partial charge in [-0.25, -0.2) is 0 Å². The smallest absolute Gasteiger partial charge is 0.241 e. The van der Waals surface area contributed by atoms with Crippen LogP contribution in [-0.2, 0) is 9.59 Å². The van der Waals surface area contributed by atoms with E-state index in [-0.39, 0.29) is 24.3 Å². The number of nitrogens with zero attached hydrogens (tertiary/aromatic N) is 1. The third-order valence-corrected chi connectivity index (χ3v) is 3.93. The van der Waals surface area contributed by atoms with E-state index in [1.165, 1.54) is 6.42 Å². The van der Waals surface area contributed by atoms with Crippen LogP contribution < -0.4 is 11.1 Å². The molecule has 3 N–H and O–H groups in total. The van der Waals surface area contributed by atoms with Gasteiger partial charge in [-0.05, 0) is 43.9 Å². The van der Waals surface area contributed by atoms with Crippen LogP contribution in [0.25, 0.3) is 0 Å². The van der Waals surface area contributed by atoms with E-state index in [4.69, 9.17) is 5.73 Å². The van der Waals surface area contributed by atoms with Crippen molar-refractivity contribution in [2.45, 2.75) is 32.1 Å². The maximum Gasteiger partial charge on any atom is 0.241 e. The molecule has 21 heavy (non-hydrogen) atoms. The summed E-state index contributed by atoms with van der Waals surface area (Å²) < 4.78 is 0. The molecule has 1 heterocycles. The predicted octanol–water partition coefficient (Wildman–Crippen LogP) is 1.50. The van der Waals surface area contributed by atoms with Gasteiger partial charge in [0.1, 0.15) is 0 Å². The highest BCUT2D eigenvalue weighted by molar-refractivity contribution is 5.88. The van der Waals surface area contributed by atoms with Crippen molar-refractivity contribution in [3.8, 4) is 0 Å². The minimum absolute atomic E-state index is 0.00262. The molecule has 1 fully saturated rings. The van der Waals surface area contributed by atoms with E-state index in [0.717, 1.165) is 31.5 Å². The molecule has 0 aliphatic carbocycles. The normalized spacial score (nSPS) is 16.3. The number of rotatable bonds is 4. The Hall–Kier alpha value is -2.04. The van der Waals surface area contributed by atoms with Crippen LogP contribution in [0.15, 0.2) is 24.3 Å². The zero-order valence-electron chi connectivity index (χ0n) is 12.5. The summed E-state index contributed by atoms with van der Waals surface area (Å²) in [5, 5.41) is 2.73. The number of nitrogens with one attached hydrogen (secondary N) is 1. The maximum absolute atomic E-state index is 12.1. The molecule has 1 aromatic carbocycles. The second-order valence-corrected chi connectivity index (χ2v) is 5.55. The summed E-state index contributed by atoms with van der Waals surface area (Å²) in [7, 11) is 0. The van der Waals surface area contributed by atoms with Crippen LogP contribution in [-0.4, -0.2) is 36.3 Å². The monoisotopic (exact) mass is 289 g/mol. The molecule has 1 unspecified atom stereocenters. The summed E-state index contributed by atoms with van der Waals surface area (Å²) in [4.78, 5) is 26.0. The molecule has 5 nitrogen and oxygen atoms in total. The van der Waals surface area contributed by atoms with Gasteiger partial charge in [0.2, 0.25) is 11.8 Å². The number of hydrogen-bond acceptors (Lipinski definition) is 3. The molecule has 1 atom stereocenters. The number of amides is 2. The van der Waals surface area contributed by atoms with Gasteiger partial charge in [0.25, 0.3) is 0 Å². The van der Waals surface area contributed by atoms with Crippen molar-refractivity contribution in [2.24, 2.45) is 0 Å². The van der Waals surface area contributed by atoms with E-state index in [9.17, 15) is 9.59 Å². The van der Waals surface area contributed by atoms with Crippen molar-refractivity contribution in [3.63, 3.8) is 0 Å². The van der Waals surface area contributed by atoms with Gasteiger partial charge in [-0.15, -0.1) is 0 Å². The number of nitrogen functional groups attached to an aromatic ring is 1. The van der Waals surface area contributed by atoms with Crippen molar-refractivity contribution in [1.29, 1.82) is 0 Å². The minimum Gasteiger partial charge on any atom is -0.399 e. The summed E-state index contributed by atoms with van der Waals surface area (Å²) in [5.74, 6) is -0.462. The molecule has 0 saturated carbocycles. The first-order valence-corrected chi connectivity index (χ1v) is 7.49. The van der Waals surface area contributed by atoms with E-state index >= 15 is 0 Å². The number of piperidine rings is 1. The molecular formula is C16H23N3O2. The summed E-state index contributed by atoms with van der Waals surface area (Å²) >= 11 is 0. The van der Waals surface area contributed by atoms with Gasteiger partial charge in [0, 0.05) is 18.8 Å². The van der Waals surface area contributed by atoms with Gasteiger partial charge in [-0.2, -0.15) is 0 Å². The Morgan fingerprint density at radius 3 is 2.67 bits per heavy atom. The zero-order valence-corrected chi connectivity index (χ0v) is 12.5. The van der Waals surface area contributed by atoms with Crippen LogP contribution >= 0.6 is 0 Å². The first-order chi connectivity index (χ1) is 10.1. The Kier molecular flexibility index (Phi) is 5.20. The lowest BCUT2D eigenvalue weighted by Crippen LogP contribution is -2.43. The van der Waals surface area contributed by atoms with Gasteiger partial charge < -0.3 is 16.0 Å². The van der Waals surface area contributed by atoms with Crippen molar-refractivity contribution >= 4 is 17.5 Å². The number of benzene rings is 1. The highest BCUT2D eigenvalue weighted by atomic mass is 16.2. The summed E-state index contributed by atoms with van der Waals surface area (Å²) in [6.45, 7) is 3.50. The van der Waals surface area contributed by atoms with Crippen LogP contribution in [0.1, 0.15) is 37.7 Å². The lowest BCUT2D eigenvalue weighted by molar-refractivity contribution is -0.133. The fourth-order valence-electron chi connectivity index (χ4n) is 2.55. The lowest BCUT2D eigenvalue weighted by atomic mass is 10.00. The fourth-order valence-corrected chi connectivity index (χ4v) is 2.55. The number of carbonyl (C=O) groups excluding carboxylic acids is 2. The van der Waals surface area contributed by atoms with E-state index in [0.29, 0.717) is 5.69 Å². The average Bonchev–Trinajstić information content (AvgIpc) is 2.52. The molecule has 1 aromatic rings. The van der Waals surface area contributed by atoms with Crippen LogP contribution in [0, 0.1) is 0 Å². The third-order valence-electron chi connectivity index (χ3n) is 3.93.